The summed E-state index contributed by atoms with van der Waals surface area (Å²) in [6.07, 6.45) is 2.17. The van der Waals surface area contributed by atoms with Gasteiger partial charge in [-0.15, -0.1) is 9.13 Å². The zero-order chi connectivity index (χ0) is 45.7. The molecule has 9 aromatic rings. The van der Waals surface area contributed by atoms with Gasteiger partial charge in [-0.1, -0.05) is 144 Å². The zero-order valence-corrected chi connectivity index (χ0v) is 36.8. The first-order valence-corrected chi connectivity index (χ1v) is 22.1. The maximum Gasteiger partial charge on any atom is 0.499 e. The van der Waals surface area contributed by atoms with Crippen molar-refractivity contribution in [1.29, 1.82) is 0 Å². The SMILES string of the molecule is [2H]C([2H])([2H])c1ccc(-c2cc[n+]3c(c2)-c2cc(C(C)(C)C)cc4c2C32Oc3ccccc3-c3n(-c5cc(C)c(-c6ccccc6)cc5-c5ccc(C(C)(C)C)cc5)c5cccc-4c5[n+]32)cc1. The number of pyridine rings is 1. The number of hydrogen-bond acceptors (Lipinski definition) is 1. The fourth-order valence-corrected chi connectivity index (χ4v) is 10.5. The van der Waals surface area contributed by atoms with Gasteiger partial charge >= 0.3 is 11.7 Å². The topological polar surface area (TPSA) is 21.9 Å². The molecule has 3 aliphatic rings. The number of fused-ring (bicyclic) bond motifs is 5. The van der Waals surface area contributed by atoms with Gasteiger partial charge in [-0.25, -0.2) is 0 Å². The molecule has 7 aromatic carbocycles. The van der Waals surface area contributed by atoms with Gasteiger partial charge < -0.3 is 4.74 Å². The Morgan fingerprint density at radius 1 is 0.556 bits per heavy atom. The quantitative estimate of drug-likeness (QED) is 0.162. The van der Waals surface area contributed by atoms with E-state index in [-0.39, 0.29) is 10.8 Å². The molecule has 0 amide bonds. The lowest BCUT2D eigenvalue weighted by Crippen LogP contribution is -2.78. The molecule has 12 rings (SSSR count). The van der Waals surface area contributed by atoms with Crippen molar-refractivity contribution in [1.82, 2.24) is 4.57 Å². The number of benzene rings is 7. The minimum Gasteiger partial charge on any atom is -0.392 e. The Morgan fingerprint density at radius 2 is 1.24 bits per heavy atom. The van der Waals surface area contributed by atoms with Gasteiger partial charge in [0.2, 0.25) is 5.69 Å². The van der Waals surface area contributed by atoms with Gasteiger partial charge in [0.25, 0.3) is 0 Å². The molecule has 5 heterocycles. The van der Waals surface area contributed by atoms with Crippen LogP contribution in [-0.4, -0.2) is 4.57 Å². The van der Waals surface area contributed by atoms with Gasteiger partial charge in [0.1, 0.15) is 22.6 Å². The van der Waals surface area contributed by atoms with E-state index in [9.17, 15) is 0 Å². The number of aromatic nitrogens is 3. The summed E-state index contributed by atoms with van der Waals surface area (Å²) in [5.41, 5.74) is 20.4. The van der Waals surface area contributed by atoms with Crippen LogP contribution in [0.2, 0.25) is 0 Å². The first-order valence-electron chi connectivity index (χ1n) is 23.6. The Kier molecular flexibility index (Phi) is 7.13. The van der Waals surface area contributed by atoms with Gasteiger partial charge in [0.05, 0.1) is 5.56 Å². The summed E-state index contributed by atoms with van der Waals surface area (Å²) >= 11 is 0. The second-order valence-electron chi connectivity index (χ2n) is 19.7. The monoisotopic (exact) mass is 820 g/mol. The molecular formula is C59H51N3O+2. The average molecular weight is 821 g/mol. The smallest absolute Gasteiger partial charge is 0.392 e. The summed E-state index contributed by atoms with van der Waals surface area (Å²) in [7, 11) is 0. The van der Waals surface area contributed by atoms with Crippen molar-refractivity contribution in [2.75, 3.05) is 0 Å². The van der Waals surface area contributed by atoms with Crippen LogP contribution in [0.1, 0.15) is 73.5 Å². The molecule has 2 aromatic heterocycles. The van der Waals surface area contributed by atoms with Gasteiger partial charge in [-0.05, 0) is 118 Å². The highest BCUT2D eigenvalue weighted by atomic mass is 16.5. The van der Waals surface area contributed by atoms with Crippen LogP contribution in [0.3, 0.4) is 0 Å². The van der Waals surface area contributed by atoms with E-state index in [1.165, 1.54) is 27.8 Å². The number of rotatable bonds is 4. The standard InChI is InChI=1S/C59H51N3O/c1-36-21-23-38(24-22-36)41-29-30-60-51(32-41)49-34-43(58(6,7)8)33-48-44-18-14-19-50-55(44)62-56(45-17-12-13-20-53(45)63-59(60,62)54(48)49)61(50)52-31-37(2)46(39-15-10-9-11-16-39)35-47(52)40-25-27-42(28-26-40)57(3,4)5/h9-35H,1-8H3/q+2/i1D3. The lowest BCUT2D eigenvalue weighted by molar-refractivity contribution is -0.997. The van der Waals surface area contributed by atoms with E-state index in [4.69, 9.17) is 8.85 Å². The second kappa shape index (κ2) is 13.0. The minimum atomic E-state index is -2.17. The molecule has 4 heteroatoms. The van der Waals surface area contributed by atoms with E-state index >= 15 is 0 Å². The predicted molar refractivity (Wildman–Crippen MR) is 256 cm³/mol. The lowest BCUT2D eigenvalue weighted by Gasteiger charge is -2.33. The largest absolute Gasteiger partial charge is 0.499 e. The van der Waals surface area contributed by atoms with E-state index in [0.717, 1.165) is 84.1 Å². The molecule has 0 fully saturated rings. The van der Waals surface area contributed by atoms with Crippen LogP contribution in [0, 0.1) is 13.8 Å². The molecule has 306 valence electrons. The molecule has 0 saturated heterocycles. The van der Waals surface area contributed by atoms with Crippen molar-refractivity contribution < 1.29 is 18.0 Å². The number of aryl methyl sites for hydroxylation is 2. The Labute approximate surface area is 374 Å². The fraction of sp³-hybridized carbons (Fsp3) is 0.186. The lowest BCUT2D eigenvalue weighted by atomic mass is 9.80. The van der Waals surface area contributed by atoms with Crippen LogP contribution in [0.4, 0.5) is 0 Å². The second-order valence-corrected chi connectivity index (χ2v) is 19.7. The number of nitrogens with zero attached hydrogens (tertiary/aromatic N) is 3. The van der Waals surface area contributed by atoms with Crippen LogP contribution in [0.15, 0.2) is 164 Å². The molecule has 1 spiro atoms. The van der Waals surface area contributed by atoms with Crippen molar-refractivity contribution in [2.24, 2.45) is 0 Å². The third-order valence-corrected chi connectivity index (χ3v) is 13.7. The molecule has 0 bridgehead atoms. The van der Waals surface area contributed by atoms with E-state index in [0.29, 0.717) is 5.56 Å². The van der Waals surface area contributed by atoms with Crippen LogP contribution >= 0.6 is 0 Å². The summed E-state index contributed by atoms with van der Waals surface area (Å²) in [4.78, 5) is 0. The molecule has 63 heavy (non-hydrogen) atoms. The number of para-hydroxylation sites is 2. The summed E-state index contributed by atoms with van der Waals surface area (Å²) in [5.74, 6) is 0.731. The van der Waals surface area contributed by atoms with Gasteiger partial charge in [0, 0.05) is 32.9 Å². The summed E-state index contributed by atoms with van der Waals surface area (Å²) in [6.45, 7) is 13.7. The Hall–Kier alpha value is -7.04. The van der Waals surface area contributed by atoms with Crippen LogP contribution in [0.25, 0.3) is 83.9 Å². The van der Waals surface area contributed by atoms with Gasteiger partial charge in [-0.2, -0.15) is 4.57 Å². The Bertz CT molecular complexity index is 3500. The van der Waals surface area contributed by atoms with Crippen molar-refractivity contribution in [3.05, 3.63) is 192 Å². The van der Waals surface area contributed by atoms with E-state index in [2.05, 4.69) is 202 Å². The zero-order valence-electron chi connectivity index (χ0n) is 39.8. The number of ether oxygens (including phenoxy) is 1. The Morgan fingerprint density at radius 3 is 1.98 bits per heavy atom. The maximum absolute atomic E-state index is 8.00. The number of imidazole rings is 1. The molecule has 1 atom stereocenters. The van der Waals surface area contributed by atoms with Crippen molar-refractivity contribution in [2.45, 2.75) is 72.0 Å². The van der Waals surface area contributed by atoms with E-state index in [1.807, 2.05) is 12.1 Å². The molecule has 0 radical (unpaired) electrons. The first-order chi connectivity index (χ1) is 31.5. The highest BCUT2D eigenvalue weighted by Crippen LogP contribution is 2.54. The highest BCUT2D eigenvalue weighted by molar-refractivity contribution is 5.99. The molecule has 1 unspecified atom stereocenters. The highest BCUT2D eigenvalue weighted by Gasteiger charge is 2.68. The normalized spacial score (nSPS) is 16.4. The molecule has 4 nitrogen and oxygen atoms in total. The average Bonchev–Trinajstić information content (AvgIpc) is 3.79. The third kappa shape index (κ3) is 5.34. The first kappa shape index (κ1) is 34.5. The van der Waals surface area contributed by atoms with Crippen LogP contribution < -0.4 is 13.9 Å². The molecule has 0 saturated carbocycles. The molecule has 3 aliphatic heterocycles. The van der Waals surface area contributed by atoms with Crippen LogP contribution in [0.5, 0.6) is 5.75 Å². The van der Waals surface area contributed by atoms with Crippen LogP contribution in [-0.2, 0) is 16.7 Å². The molecular weight excluding hydrogens is 767 g/mol. The van der Waals surface area contributed by atoms with Crippen molar-refractivity contribution in [3.8, 4) is 78.6 Å². The van der Waals surface area contributed by atoms with Crippen molar-refractivity contribution in [3.63, 3.8) is 0 Å². The predicted octanol–water partition coefficient (Wildman–Crippen LogP) is 13.6. The van der Waals surface area contributed by atoms with Gasteiger partial charge in [0.15, 0.2) is 17.2 Å². The summed E-state index contributed by atoms with van der Waals surface area (Å²) < 4.78 is 39.0. The maximum atomic E-state index is 8.00. The number of hydrogen-bond donors (Lipinski definition) is 0. The minimum absolute atomic E-state index is 0.0148. The van der Waals surface area contributed by atoms with E-state index < -0.39 is 12.7 Å². The summed E-state index contributed by atoms with van der Waals surface area (Å²) in [6, 6.07) is 56.4. The fourth-order valence-electron chi connectivity index (χ4n) is 10.5. The molecule has 0 aliphatic carbocycles. The van der Waals surface area contributed by atoms with Gasteiger partial charge in [-0.3, -0.25) is 0 Å². The third-order valence-electron chi connectivity index (χ3n) is 13.7. The summed E-state index contributed by atoms with van der Waals surface area (Å²) in [5, 5.41) is 0. The molecule has 0 N–H and O–H groups in total. The Balaban J connectivity index is 1.20. The van der Waals surface area contributed by atoms with Crippen molar-refractivity contribution >= 4 is 11.0 Å². The van der Waals surface area contributed by atoms with E-state index in [1.54, 1.807) is 12.1 Å².